The van der Waals surface area contributed by atoms with Crippen LogP contribution in [0.15, 0.2) is 53.1 Å². The Kier molecular flexibility index (Phi) is 5.15. The summed E-state index contributed by atoms with van der Waals surface area (Å²) < 4.78 is 21.5. The van der Waals surface area contributed by atoms with Gasteiger partial charge in [-0.2, -0.15) is 10.1 Å². The summed E-state index contributed by atoms with van der Waals surface area (Å²) in [7, 11) is 3.17. The van der Waals surface area contributed by atoms with E-state index >= 15 is 0 Å². The number of benzene rings is 2. The number of nitrogens with zero attached hydrogens (tertiary/aromatic N) is 3. The van der Waals surface area contributed by atoms with Crippen molar-refractivity contribution in [2.45, 2.75) is 6.92 Å². The van der Waals surface area contributed by atoms with Gasteiger partial charge in [0.05, 0.1) is 26.5 Å². The van der Waals surface area contributed by atoms with Gasteiger partial charge < -0.3 is 18.7 Å². The first kappa shape index (κ1) is 18.5. The summed E-state index contributed by atoms with van der Waals surface area (Å²) in [5.74, 6) is 2.84. The number of hydrogen-bond acceptors (Lipinski definition) is 7. The molecule has 4 rings (SSSR count). The Morgan fingerprint density at radius 2 is 1.69 bits per heavy atom. The predicted molar refractivity (Wildman–Crippen MR) is 107 cm³/mol. The highest BCUT2D eigenvalue weighted by Gasteiger charge is 2.15. The molecule has 0 unspecified atom stereocenters. The van der Waals surface area contributed by atoms with Gasteiger partial charge in [-0.1, -0.05) is 5.16 Å². The van der Waals surface area contributed by atoms with Crippen LogP contribution < -0.4 is 14.2 Å². The fourth-order valence-electron chi connectivity index (χ4n) is 2.89. The third-order valence-corrected chi connectivity index (χ3v) is 4.34. The van der Waals surface area contributed by atoms with Crippen molar-refractivity contribution in [3.63, 3.8) is 0 Å². The number of methoxy groups -OCH3 is 2. The molecule has 148 valence electrons. The van der Waals surface area contributed by atoms with Crippen molar-refractivity contribution in [2.24, 2.45) is 0 Å². The average molecular weight is 392 g/mol. The van der Waals surface area contributed by atoms with Crippen molar-refractivity contribution in [3.8, 4) is 51.5 Å². The van der Waals surface area contributed by atoms with Crippen LogP contribution in [-0.2, 0) is 0 Å². The van der Waals surface area contributed by atoms with E-state index in [4.69, 9.17) is 18.7 Å². The second-order valence-corrected chi connectivity index (χ2v) is 6.12. The molecule has 0 fully saturated rings. The smallest absolute Gasteiger partial charge is 0.276 e. The van der Waals surface area contributed by atoms with E-state index < -0.39 is 0 Å². The molecule has 0 saturated carbocycles. The van der Waals surface area contributed by atoms with Gasteiger partial charge in [-0.25, -0.2) is 0 Å². The second kappa shape index (κ2) is 8.05. The van der Waals surface area contributed by atoms with E-state index in [1.807, 2.05) is 43.3 Å². The van der Waals surface area contributed by atoms with Crippen LogP contribution in [0.25, 0.3) is 34.2 Å². The van der Waals surface area contributed by atoms with Crippen LogP contribution in [0.5, 0.6) is 17.2 Å². The molecule has 8 nitrogen and oxygen atoms in total. The first-order valence-electron chi connectivity index (χ1n) is 9.07. The molecule has 0 aliphatic carbocycles. The molecule has 0 amide bonds. The Balaban J connectivity index is 1.57. The third kappa shape index (κ3) is 3.77. The van der Waals surface area contributed by atoms with E-state index in [-0.39, 0.29) is 0 Å². The van der Waals surface area contributed by atoms with Crippen LogP contribution in [0.4, 0.5) is 0 Å². The van der Waals surface area contributed by atoms with Crippen molar-refractivity contribution >= 4 is 0 Å². The third-order valence-electron chi connectivity index (χ3n) is 4.34. The number of H-pyrrole nitrogens is 1. The van der Waals surface area contributed by atoms with Gasteiger partial charge in [-0.3, -0.25) is 5.10 Å². The van der Waals surface area contributed by atoms with Gasteiger partial charge >= 0.3 is 0 Å². The predicted octanol–water partition coefficient (Wildman–Crippen LogP) is 4.21. The molecule has 0 aliphatic heterocycles. The maximum Gasteiger partial charge on any atom is 0.276 e. The fraction of sp³-hybridized carbons (Fsp3) is 0.190. The van der Waals surface area contributed by atoms with Gasteiger partial charge in [0.1, 0.15) is 11.4 Å². The lowest BCUT2D eigenvalue weighted by Crippen LogP contribution is -1.91. The molecule has 0 aliphatic rings. The highest BCUT2D eigenvalue weighted by atomic mass is 16.5. The van der Waals surface area contributed by atoms with E-state index in [1.165, 1.54) is 0 Å². The number of nitrogens with one attached hydrogen (secondary N) is 1. The summed E-state index contributed by atoms with van der Waals surface area (Å²) >= 11 is 0. The summed E-state index contributed by atoms with van der Waals surface area (Å²) in [4.78, 5) is 4.46. The normalized spacial score (nSPS) is 10.7. The van der Waals surface area contributed by atoms with Gasteiger partial charge in [-0.05, 0) is 55.5 Å². The zero-order chi connectivity index (χ0) is 20.2. The summed E-state index contributed by atoms with van der Waals surface area (Å²) in [6.45, 7) is 2.58. The fourth-order valence-corrected chi connectivity index (χ4v) is 2.89. The maximum atomic E-state index is 5.47. The lowest BCUT2D eigenvalue weighted by atomic mass is 10.1. The van der Waals surface area contributed by atoms with Crippen molar-refractivity contribution in [1.82, 2.24) is 20.3 Å². The Hall–Kier alpha value is -3.81. The molecule has 2 aromatic carbocycles. The molecule has 0 spiro atoms. The number of aromatic amines is 1. The number of rotatable bonds is 7. The molecular formula is C21H20N4O4. The number of hydrogen-bond donors (Lipinski definition) is 1. The molecule has 0 radical (unpaired) electrons. The van der Waals surface area contributed by atoms with E-state index in [2.05, 4.69) is 20.3 Å². The molecule has 0 bridgehead atoms. The molecule has 8 heteroatoms. The van der Waals surface area contributed by atoms with Gasteiger partial charge in [0, 0.05) is 11.1 Å². The SMILES string of the molecule is CCOc1ccc(-c2cc(-c3nc(-c4ccc(OC)c(OC)c4)no3)[nH]n2)cc1. The van der Waals surface area contributed by atoms with Crippen molar-refractivity contribution in [2.75, 3.05) is 20.8 Å². The minimum Gasteiger partial charge on any atom is -0.494 e. The van der Waals surface area contributed by atoms with E-state index in [0.29, 0.717) is 35.5 Å². The van der Waals surface area contributed by atoms with Crippen LogP contribution in [-0.4, -0.2) is 41.2 Å². The highest BCUT2D eigenvalue weighted by Crippen LogP contribution is 2.32. The van der Waals surface area contributed by atoms with Gasteiger partial charge in [0.15, 0.2) is 11.5 Å². The molecular weight excluding hydrogens is 372 g/mol. The Bertz CT molecular complexity index is 1100. The van der Waals surface area contributed by atoms with Gasteiger partial charge in [0.25, 0.3) is 5.89 Å². The maximum absolute atomic E-state index is 5.47. The van der Waals surface area contributed by atoms with Crippen LogP contribution in [0.2, 0.25) is 0 Å². The lowest BCUT2D eigenvalue weighted by Gasteiger charge is -2.07. The van der Waals surface area contributed by atoms with Gasteiger partial charge in [-0.15, -0.1) is 0 Å². The monoisotopic (exact) mass is 392 g/mol. The van der Waals surface area contributed by atoms with Crippen molar-refractivity contribution < 1.29 is 18.7 Å². The van der Waals surface area contributed by atoms with E-state index in [9.17, 15) is 0 Å². The van der Waals surface area contributed by atoms with Crippen molar-refractivity contribution in [1.29, 1.82) is 0 Å². The van der Waals surface area contributed by atoms with E-state index in [0.717, 1.165) is 22.6 Å². The average Bonchev–Trinajstić information content (AvgIpc) is 3.44. The van der Waals surface area contributed by atoms with Crippen molar-refractivity contribution in [3.05, 3.63) is 48.5 Å². The van der Waals surface area contributed by atoms with Crippen LogP contribution >= 0.6 is 0 Å². The molecule has 0 saturated heterocycles. The highest BCUT2D eigenvalue weighted by molar-refractivity contribution is 5.66. The number of aromatic nitrogens is 4. The second-order valence-electron chi connectivity index (χ2n) is 6.12. The first-order valence-corrected chi connectivity index (χ1v) is 9.07. The molecule has 2 heterocycles. The largest absolute Gasteiger partial charge is 0.494 e. The molecule has 0 atom stereocenters. The topological polar surface area (TPSA) is 95.3 Å². The van der Waals surface area contributed by atoms with Gasteiger partial charge in [0.2, 0.25) is 5.82 Å². The number of ether oxygens (including phenoxy) is 3. The minimum atomic E-state index is 0.347. The Morgan fingerprint density at radius 3 is 2.41 bits per heavy atom. The molecule has 29 heavy (non-hydrogen) atoms. The zero-order valence-electron chi connectivity index (χ0n) is 16.3. The molecule has 4 aromatic rings. The summed E-state index contributed by atoms with van der Waals surface area (Å²) in [6.07, 6.45) is 0. The van der Waals surface area contributed by atoms with Crippen LogP contribution in [0, 0.1) is 0 Å². The summed E-state index contributed by atoms with van der Waals surface area (Å²) in [5.41, 5.74) is 3.11. The first-order chi connectivity index (χ1) is 14.2. The van der Waals surface area contributed by atoms with Crippen LogP contribution in [0.1, 0.15) is 6.92 Å². The summed E-state index contributed by atoms with van der Waals surface area (Å²) in [5, 5.41) is 11.3. The zero-order valence-corrected chi connectivity index (χ0v) is 16.3. The lowest BCUT2D eigenvalue weighted by molar-refractivity contribution is 0.340. The minimum absolute atomic E-state index is 0.347. The quantitative estimate of drug-likeness (QED) is 0.503. The molecule has 1 N–H and O–H groups in total. The van der Waals surface area contributed by atoms with E-state index in [1.54, 1.807) is 26.4 Å². The Morgan fingerprint density at radius 1 is 0.931 bits per heavy atom. The molecule has 2 aromatic heterocycles. The van der Waals surface area contributed by atoms with Crippen LogP contribution in [0.3, 0.4) is 0 Å². The standard InChI is InChI=1S/C21H20N4O4/c1-4-28-15-8-5-13(6-9-15)16-12-17(24-23-16)21-22-20(25-29-21)14-7-10-18(26-2)19(11-14)27-3/h5-12H,4H2,1-3H3,(H,23,24). The summed E-state index contributed by atoms with van der Waals surface area (Å²) in [6, 6.07) is 15.0. The Labute approximate surface area is 167 Å².